The second-order valence-corrected chi connectivity index (χ2v) is 5.31. The molecule has 1 aromatic rings. The first-order chi connectivity index (χ1) is 8.25. The number of fused-ring (bicyclic) bond motifs is 1. The van der Waals surface area contributed by atoms with E-state index in [2.05, 4.69) is 47.7 Å². The van der Waals surface area contributed by atoms with Crippen molar-refractivity contribution in [3.8, 4) is 0 Å². The molecular formula is C14H21N3. The van der Waals surface area contributed by atoms with Crippen LogP contribution in [0.25, 0.3) is 0 Å². The zero-order valence-electron chi connectivity index (χ0n) is 10.7. The molecule has 1 saturated heterocycles. The van der Waals surface area contributed by atoms with Gasteiger partial charge in [-0.25, -0.2) is 0 Å². The van der Waals surface area contributed by atoms with E-state index < -0.39 is 0 Å². The van der Waals surface area contributed by atoms with Gasteiger partial charge >= 0.3 is 0 Å². The summed E-state index contributed by atoms with van der Waals surface area (Å²) in [6.45, 7) is 4.48. The second kappa shape index (κ2) is 4.22. The van der Waals surface area contributed by atoms with Crippen LogP contribution in [0.3, 0.4) is 0 Å². The standard InChI is InChI=1S/C14H21N3/c1-10-3-4-12-13(9-10)17(2)14(16-12)11-5-7-15-8-6-11/h3-4,9,11,14-16H,5-8H2,1-2H3. The van der Waals surface area contributed by atoms with Crippen molar-refractivity contribution in [3.63, 3.8) is 0 Å². The predicted octanol–water partition coefficient (Wildman–Crippen LogP) is 2.18. The molecule has 1 fully saturated rings. The molecule has 0 bridgehead atoms. The average molecular weight is 231 g/mol. The predicted molar refractivity (Wildman–Crippen MR) is 72.6 cm³/mol. The Morgan fingerprint density at radius 1 is 1.24 bits per heavy atom. The summed E-state index contributed by atoms with van der Waals surface area (Å²) in [6, 6.07) is 6.68. The van der Waals surface area contributed by atoms with Crippen molar-refractivity contribution in [1.29, 1.82) is 0 Å². The van der Waals surface area contributed by atoms with E-state index in [1.807, 2.05) is 0 Å². The molecule has 0 radical (unpaired) electrons. The van der Waals surface area contributed by atoms with Crippen LogP contribution in [0.4, 0.5) is 11.4 Å². The molecule has 1 aromatic carbocycles. The summed E-state index contributed by atoms with van der Waals surface area (Å²) in [6.07, 6.45) is 3.03. The van der Waals surface area contributed by atoms with Crippen LogP contribution in [0.5, 0.6) is 0 Å². The third-order valence-electron chi connectivity index (χ3n) is 4.08. The monoisotopic (exact) mass is 231 g/mol. The number of rotatable bonds is 1. The molecule has 0 aromatic heterocycles. The molecule has 17 heavy (non-hydrogen) atoms. The van der Waals surface area contributed by atoms with Crippen molar-refractivity contribution < 1.29 is 0 Å². The SMILES string of the molecule is Cc1ccc2c(c1)N(C)C(C1CCNCC1)N2. The minimum atomic E-state index is 0.480. The van der Waals surface area contributed by atoms with Gasteiger partial charge in [0.2, 0.25) is 0 Å². The lowest BCUT2D eigenvalue weighted by atomic mass is 9.94. The van der Waals surface area contributed by atoms with Gasteiger partial charge < -0.3 is 15.5 Å². The van der Waals surface area contributed by atoms with Gasteiger partial charge in [0, 0.05) is 13.0 Å². The third kappa shape index (κ3) is 1.89. The quantitative estimate of drug-likeness (QED) is 0.776. The zero-order valence-corrected chi connectivity index (χ0v) is 10.7. The number of nitrogens with one attached hydrogen (secondary N) is 2. The number of hydrogen-bond donors (Lipinski definition) is 2. The summed E-state index contributed by atoms with van der Waals surface area (Å²) >= 11 is 0. The molecule has 1 atom stereocenters. The van der Waals surface area contributed by atoms with E-state index >= 15 is 0 Å². The molecule has 1 unspecified atom stereocenters. The van der Waals surface area contributed by atoms with Crippen LogP contribution in [-0.2, 0) is 0 Å². The largest absolute Gasteiger partial charge is 0.363 e. The molecule has 3 nitrogen and oxygen atoms in total. The average Bonchev–Trinajstić information content (AvgIpc) is 2.68. The van der Waals surface area contributed by atoms with E-state index in [-0.39, 0.29) is 0 Å². The first-order valence-corrected chi connectivity index (χ1v) is 6.56. The van der Waals surface area contributed by atoms with Crippen LogP contribution in [0.2, 0.25) is 0 Å². The lowest BCUT2D eigenvalue weighted by Crippen LogP contribution is -2.44. The highest BCUT2D eigenvalue weighted by atomic mass is 15.3. The molecule has 3 heteroatoms. The maximum absolute atomic E-state index is 3.68. The summed E-state index contributed by atoms with van der Waals surface area (Å²) in [5, 5.41) is 7.12. The number of aryl methyl sites for hydroxylation is 1. The van der Waals surface area contributed by atoms with Gasteiger partial charge in [0.1, 0.15) is 6.17 Å². The van der Waals surface area contributed by atoms with E-state index in [0.717, 1.165) is 19.0 Å². The van der Waals surface area contributed by atoms with Crippen LogP contribution in [-0.4, -0.2) is 26.3 Å². The Labute approximate surface area is 103 Å². The Bertz CT molecular complexity index is 410. The van der Waals surface area contributed by atoms with Gasteiger partial charge in [-0.05, 0) is 50.6 Å². The fourth-order valence-electron chi connectivity index (χ4n) is 3.06. The van der Waals surface area contributed by atoms with Gasteiger partial charge in [-0.2, -0.15) is 0 Å². The third-order valence-corrected chi connectivity index (χ3v) is 4.08. The lowest BCUT2D eigenvalue weighted by Gasteiger charge is -2.33. The molecule has 0 aliphatic carbocycles. The highest BCUT2D eigenvalue weighted by molar-refractivity contribution is 5.76. The Morgan fingerprint density at radius 2 is 2.00 bits per heavy atom. The van der Waals surface area contributed by atoms with Gasteiger partial charge in [0.05, 0.1) is 11.4 Å². The van der Waals surface area contributed by atoms with Gasteiger partial charge in [-0.1, -0.05) is 6.07 Å². The first-order valence-electron chi connectivity index (χ1n) is 6.56. The molecule has 2 aliphatic heterocycles. The van der Waals surface area contributed by atoms with Crippen molar-refractivity contribution in [2.45, 2.75) is 25.9 Å². The number of benzene rings is 1. The highest BCUT2D eigenvalue weighted by Crippen LogP contribution is 2.38. The Kier molecular flexibility index (Phi) is 2.71. The van der Waals surface area contributed by atoms with E-state index in [0.29, 0.717) is 6.17 Å². The van der Waals surface area contributed by atoms with Gasteiger partial charge in [-0.3, -0.25) is 0 Å². The topological polar surface area (TPSA) is 27.3 Å². The first kappa shape index (κ1) is 10.9. The van der Waals surface area contributed by atoms with Crippen LogP contribution < -0.4 is 15.5 Å². The van der Waals surface area contributed by atoms with Crippen LogP contribution in [0.1, 0.15) is 18.4 Å². The molecule has 0 spiro atoms. The normalized spacial score (nSPS) is 24.6. The fourth-order valence-corrected chi connectivity index (χ4v) is 3.06. The molecule has 2 N–H and O–H groups in total. The van der Waals surface area contributed by atoms with Crippen LogP contribution in [0, 0.1) is 12.8 Å². The molecule has 0 amide bonds. The van der Waals surface area contributed by atoms with Gasteiger partial charge in [-0.15, -0.1) is 0 Å². The molecule has 2 aliphatic rings. The summed E-state index contributed by atoms with van der Waals surface area (Å²) in [7, 11) is 2.21. The Morgan fingerprint density at radius 3 is 2.76 bits per heavy atom. The Balaban J connectivity index is 1.82. The van der Waals surface area contributed by atoms with Crippen molar-refractivity contribution >= 4 is 11.4 Å². The number of piperidine rings is 1. The maximum atomic E-state index is 3.68. The van der Waals surface area contributed by atoms with E-state index in [4.69, 9.17) is 0 Å². The lowest BCUT2D eigenvalue weighted by molar-refractivity contribution is 0.334. The second-order valence-electron chi connectivity index (χ2n) is 5.31. The van der Waals surface area contributed by atoms with Crippen molar-refractivity contribution in [2.24, 2.45) is 5.92 Å². The summed E-state index contributed by atoms with van der Waals surface area (Å²) in [5.74, 6) is 0.758. The number of hydrogen-bond acceptors (Lipinski definition) is 3. The minimum absolute atomic E-state index is 0.480. The van der Waals surface area contributed by atoms with E-state index in [1.54, 1.807) is 0 Å². The summed E-state index contributed by atoms with van der Waals surface area (Å²) < 4.78 is 0. The van der Waals surface area contributed by atoms with E-state index in [1.165, 1.54) is 29.8 Å². The molecule has 0 saturated carbocycles. The van der Waals surface area contributed by atoms with Crippen molar-refractivity contribution in [2.75, 3.05) is 30.4 Å². The van der Waals surface area contributed by atoms with Gasteiger partial charge in [0.25, 0.3) is 0 Å². The van der Waals surface area contributed by atoms with Crippen LogP contribution in [0.15, 0.2) is 18.2 Å². The van der Waals surface area contributed by atoms with Crippen LogP contribution >= 0.6 is 0 Å². The Hall–Kier alpha value is -1.22. The zero-order chi connectivity index (χ0) is 11.8. The molecular weight excluding hydrogens is 210 g/mol. The maximum Gasteiger partial charge on any atom is 0.102 e. The molecule has 3 rings (SSSR count). The minimum Gasteiger partial charge on any atom is -0.363 e. The highest BCUT2D eigenvalue weighted by Gasteiger charge is 2.32. The molecule has 92 valence electrons. The van der Waals surface area contributed by atoms with Crippen molar-refractivity contribution in [1.82, 2.24) is 5.32 Å². The fraction of sp³-hybridized carbons (Fsp3) is 0.571. The summed E-state index contributed by atoms with van der Waals surface area (Å²) in [4.78, 5) is 2.42. The molecule has 2 heterocycles. The van der Waals surface area contributed by atoms with Gasteiger partial charge in [0.15, 0.2) is 0 Å². The summed E-state index contributed by atoms with van der Waals surface area (Å²) in [5.41, 5.74) is 3.98. The smallest absolute Gasteiger partial charge is 0.102 e. The van der Waals surface area contributed by atoms with E-state index in [9.17, 15) is 0 Å². The number of anilines is 2. The van der Waals surface area contributed by atoms with Crippen molar-refractivity contribution in [3.05, 3.63) is 23.8 Å². The number of nitrogens with zero attached hydrogens (tertiary/aromatic N) is 1.